The maximum atomic E-state index is 12.1. The molecule has 0 spiro atoms. The highest BCUT2D eigenvalue weighted by Crippen LogP contribution is 2.12. The summed E-state index contributed by atoms with van der Waals surface area (Å²) in [6, 6.07) is 7.55. The molecule has 0 radical (unpaired) electrons. The van der Waals surface area contributed by atoms with Crippen LogP contribution in [0, 0.1) is 6.92 Å². The van der Waals surface area contributed by atoms with Crippen molar-refractivity contribution in [1.29, 1.82) is 0 Å². The molecule has 1 atom stereocenters. The van der Waals surface area contributed by atoms with Gasteiger partial charge in [0, 0.05) is 19.5 Å². The average Bonchev–Trinajstić information content (AvgIpc) is 2.43. The van der Waals surface area contributed by atoms with Crippen molar-refractivity contribution in [2.75, 3.05) is 6.54 Å². The van der Waals surface area contributed by atoms with Crippen molar-refractivity contribution in [3.8, 4) is 0 Å². The molecule has 0 aliphatic heterocycles. The van der Waals surface area contributed by atoms with Crippen molar-refractivity contribution in [3.63, 3.8) is 0 Å². The van der Waals surface area contributed by atoms with Gasteiger partial charge in [-0.2, -0.15) is 0 Å². The zero-order valence-corrected chi connectivity index (χ0v) is 12.8. The molecule has 0 heterocycles. The zero-order chi connectivity index (χ0) is 15.1. The van der Waals surface area contributed by atoms with E-state index in [4.69, 9.17) is 0 Å². The molecular formula is C16H24N2O2. The summed E-state index contributed by atoms with van der Waals surface area (Å²) in [5.74, 6) is -0.118. The van der Waals surface area contributed by atoms with Crippen LogP contribution < -0.4 is 5.32 Å². The van der Waals surface area contributed by atoms with Crippen LogP contribution in [0.3, 0.4) is 0 Å². The molecular weight excluding hydrogens is 252 g/mol. The molecule has 0 aromatic heterocycles. The Labute approximate surface area is 121 Å². The Balaban J connectivity index is 2.89. The molecule has 1 aromatic carbocycles. The second-order valence-electron chi connectivity index (χ2n) is 4.93. The van der Waals surface area contributed by atoms with E-state index in [0.29, 0.717) is 19.5 Å². The van der Waals surface area contributed by atoms with E-state index in [1.54, 1.807) is 11.8 Å². The molecule has 2 amide bonds. The van der Waals surface area contributed by atoms with Gasteiger partial charge in [-0.1, -0.05) is 36.8 Å². The van der Waals surface area contributed by atoms with E-state index < -0.39 is 6.04 Å². The van der Waals surface area contributed by atoms with Gasteiger partial charge in [0.2, 0.25) is 11.8 Å². The van der Waals surface area contributed by atoms with E-state index in [1.807, 2.05) is 45.0 Å². The van der Waals surface area contributed by atoms with E-state index in [1.165, 1.54) is 0 Å². The van der Waals surface area contributed by atoms with Gasteiger partial charge in [0.15, 0.2) is 0 Å². The lowest BCUT2D eigenvalue weighted by molar-refractivity contribution is -0.140. The van der Waals surface area contributed by atoms with Gasteiger partial charge in [0.05, 0.1) is 0 Å². The number of benzene rings is 1. The number of carbonyl (C=O) groups excluding carboxylic acids is 2. The van der Waals surface area contributed by atoms with E-state index in [0.717, 1.165) is 11.1 Å². The minimum absolute atomic E-state index is 0.00902. The van der Waals surface area contributed by atoms with E-state index in [2.05, 4.69) is 5.32 Å². The number of aryl methyl sites for hydroxylation is 1. The number of nitrogens with zero attached hydrogens (tertiary/aromatic N) is 1. The third kappa shape index (κ3) is 4.37. The van der Waals surface area contributed by atoms with E-state index >= 15 is 0 Å². The van der Waals surface area contributed by atoms with E-state index in [-0.39, 0.29) is 11.8 Å². The maximum Gasteiger partial charge on any atom is 0.242 e. The lowest BCUT2D eigenvalue weighted by Crippen LogP contribution is -2.47. The van der Waals surface area contributed by atoms with Gasteiger partial charge < -0.3 is 10.2 Å². The molecule has 4 heteroatoms. The zero-order valence-electron chi connectivity index (χ0n) is 12.8. The third-order valence-electron chi connectivity index (χ3n) is 3.26. The smallest absolute Gasteiger partial charge is 0.242 e. The number of rotatable bonds is 6. The predicted molar refractivity (Wildman–Crippen MR) is 80.2 cm³/mol. The minimum atomic E-state index is -0.456. The van der Waals surface area contributed by atoms with Crippen LogP contribution in [0.15, 0.2) is 24.3 Å². The largest absolute Gasteiger partial charge is 0.355 e. The van der Waals surface area contributed by atoms with Crippen LogP contribution in [0.25, 0.3) is 0 Å². The molecule has 4 nitrogen and oxygen atoms in total. The van der Waals surface area contributed by atoms with Crippen LogP contribution in [0.5, 0.6) is 0 Å². The molecule has 0 saturated carbocycles. The number of hydrogen-bond acceptors (Lipinski definition) is 2. The van der Waals surface area contributed by atoms with Crippen molar-refractivity contribution < 1.29 is 9.59 Å². The maximum absolute atomic E-state index is 12.1. The van der Waals surface area contributed by atoms with Crippen LogP contribution in [0.4, 0.5) is 0 Å². The molecule has 1 aromatic rings. The van der Waals surface area contributed by atoms with Crippen molar-refractivity contribution in [1.82, 2.24) is 10.2 Å². The fraction of sp³-hybridized carbons (Fsp3) is 0.500. The second-order valence-corrected chi connectivity index (χ2v) is 4.93. The fourth-order valence-electron chi connectivity index (χ4n) is 2.11. The van der Waals surface area contributed by atoms with Gasteiger partial charge in [-0.3, -0.25) is 9.59 Å². The first-order valence-electron chi connectivity index (χ1n) is 7.12. The number of likely N-dealkylation sites (N-methyl/N-ethyl adjacent to an activating group) is 1. The SMILES string of the molecule is CCNC(=O)[C@@H](C)N(Cc1cccc(C)c1)C(=O)CC. The lowest BCUT2D eigenvalue weighted by Gasteiger charge is -2.28. The molecule has 0 fully saturated rings. The second kappa shape index (κ2) is 7.68. The molecule has 0 saturated heterocycles. The Morgan fingerprint density at radius 1 is 1.30 bits per heavy atom. The summed E-state index contributed by atoms with van der Waals surface area (Å²) in [6.07, 6.45) is 0.398. The first kappa shape index (κ1) is 16.2. The van der Waals surface area contributed by atoms with Crippen LogP contribution >= 0.6 is 0 Å². The number of nitrogens with one attached hydrogen (secondary N) is 1. The fourth-order valence-corrected chi connectivity index (χ4v) is 2.11. The van der Waals surface area contributed by atoms with Crippen LogP contribution in [0.1, 0.15) is 38.3 Å². The summed E-state index contributed by atoms with van der Waals surface area (Å²) in [6.45, 7) is 8.51. The summed E-state index contributed by atoms with van der Waals surface area (Å²) >= 11 is 0. The first-order valence-corrected chi connectivity index (χ1v) is 7.12. The summed E-state index contributed by atoms with van der Waals surface area (Å²) < 4.78 is 0. The monoisotopic (exact) mass is 276 g/mol. The Morgan fingerprint density at radius 2 is 2.00 bits per heavy atom. The van der Waals surface area contributed by atoms with Crippen LogP contribution in [-0.2, 0) is 16.1 Å². The number of hydrogen-bond donors (Lipinski definition) is 1. The van der Waals surface area contributed by atoms with Gasteiger partial charge in [0.1, 0.15) is 6.04 Å². The highest BCUT2D eigenvalue weighted by atomic mass is 16.2. The van der Waals surface area contributed by atoms with Gasteiger partial charge >= 0.3 is 0 Å². The highest BCUT2D eigenvalue weighted by Gasteiger charge is 2.24. The summed E-state index contributed by atoms with van der Waals surface area (Å²) in [5.41, 5.74) is 2.19. The molecule has 0 bridgehead atoms. The summed E-state index contributed by atoms with van der Waals surface area (Å²) in [7, 11) is 0. The highest BCUT2D eigenvalue weighted by molar-refractivity contribution is 5.87. The van der Waals surface area contributed by atoms with Crippen molar-refractivity contribution >= 4 is 11.8 Å². The number of carbonyl (C=O) groups is 2. The summed E-state index contributed by atoms with van der Waals surface area (Å²) in [4.78, 5) is 25.7. The van der Waals surface area contributed by atoms with Gasteiger partial charge in [0.25, 0.3) is 0 Å². The molecule has 1 rings (SSSR count). The third-order valence-corrected chi connectivity index (χ3v) is 3.26. The van der Waals surface area contributed by atoms with Gasteiger partial charge in [-0.25, -0.2) is 0 Å². The van der Waals surface area contributed by atoms with Crippen molar-refractivity contribution in [3.05, 3.63) is 35.4 Å². The first-order chi connectivity index (χ1) is 9.49. The predicted octanol–water partition coefficient (Wildman–Crippen LogP) is 2.26. The van der Waals surface area contributed by atoms with Crippen LogP contribution in [-0.4, -0.2) is 29.3 Å². The topological polar surface area (TPSA) is 49.4 Å². The number of amides is 2. The molecule has 0 aliphatic carbocycles. The minimum Gasteiger partial charge on any atom is -0.355 e. The lowest BCUT2D eigenvalue weighted by atomic mass is 10.1. The Hall–Kier alpha value is -1.84. The normalized spacial score (nSPS) is 11.8. The molecule has 0 aliphatic rings. The Bertz CT molecular complexity index is 471. The van der Waals surface area contributed by atoms with Crippen molar-refractivity contribution in [2.45, 2.75) is 46.7 Å². The van der Waals surface area contributed by atoms with Gasteiger partial charge in [-0.15, -0.1) is 0 Å². The molecule has 20 heavy (non-hydrogen) atoms. The standard InChI is InChI=1S/C16H24N2O2/c1-5-15(19)18(13(4)16(20)17-6-2)11-14-9-7-8-12(3)10-14/h7-10,13H,5-6,11H2,1-4H3,(H,17,20)/t13-/m1/s1. The molecule has 110 valence electrons. The quantitative estimate of drug-likeness (QED) is 0.866. The Morgan fingerprint density at radius 3 is 2.55 bits per heavy atom. The Kier molecular flexibility index (Phi) is 6.22. The molecule has 1 N–H and O–H groups in total. The average molecular weight is 276 g/mol. The summed E-state index contributed by atoms with van der Waals surface area (Å²) in [5, 5.41) is 2.77. The van der Waals surface area contributed by atoms with E-state index in [9.17, 15) is 9.59 Å². The van der Waals surface area contributed by atoms with Crippen LogP contribution in [0.2, 0.25) is 0 Å². The molecule has 0 unspecified atom stereocenters. The van der Waals surface area contributed by atoms with Gasteiger partial charge in [-0.05, 0) is 26.3 Å². The van der Waals surface area contributed by atoms with Crippen molar-refractivity contribution in [2.24, 2.45) is 0 Å².